The Balaban J connectivity index is 2.74. The Morgan fingerprint density at radius 1 is 1.27 bits per heavy atom. The van der Waals surface area contributed by atoms with Crippen LogP contribution in [0.25, 0.3) is 0 Å². The molecule has 0 aromatic heterocycles. The van der Waals surface area contributed by atoms with Crippen molar-refractivity contribution >= 4 is 41.1 Å². The average molecular weight is 351 g/mol. The molecule has 0 spiro atoms. The summed E-state index contributed by atoms with van der Waals surface area (Å²) < 4.78 is 18.2. The molecule has 1 rings (SSSR count). The molecule has 0 aliphatic heterocycles. The molecule has 6 nitrogen and oxygen atoms in total. The summed E-state index contributed by atoms with van der Waals surface area (Å²) in [4.78, 5) is 34.7. The van der Waals surface area contributed by atoms with Crippen LogP contribution in [0.1, 0.15) is 24.2 Å². The Morgan fingerprint density at radius 2 is 1.91 bits per heavy atom. The first kappa shape index (κ1) is 18.2. The summed E-state index contributed by atoms with van der Waals surface area (Å²) >= 11 is 11.3. The van der Waals surface area contributed by atoms with Gasteiger partial charge in [0.05, 0.1) is 15.6 Å². The van der Waals surface area contributed by atoms with E-state index in [1.165, 1.54) is 6.92 Å². The molecule has 3 amide bonds. The highest BCUT2D eigenvalue weighted by atomic mass is 35.5. The number of benzene rings is 1. The van der Waals surface area contributed by atoms with E-state index in [0.29, 0.717) is 6.54 Å². The van der Waals surface area contributed by atoms with Crippen LogP contribution in [-0.2, 0) is 9.53 Å². The van der Waals surface area contributed by atoms with Gasteiger partial charge in [-0.2, -0.15) is 0 Å². The molecule has 0 aliphatic carbocycles. The lowest BCUT2D eigenvalue weighted by molar-refractivity contribution is -0.127. The van der Waals surface area contributed by atoms with Gasteiger partial charge in [0.2, 0.25) is 0 Å². The molecule has 1 atom stereocenters. The van der Waals surface area contributed by atoms with Crippen molar-refractivity contribution in [3.05, 3.63) is 33.6 Å². The number of nitrogens with one attached hydrogen (secondary N) is 2. The van der Waals surface area contributed by atoms with Crippen LogP contribution in [0.2, 0.25) is 10.0 Å². The lowest BCUT2D eigenvalue weighted by Crippen LogP contribution is -2.44. The summed E-state index contributed by atoms with van der Waals surface area (Å²) in [6.07, 6.45) is -1.27. The molecule has 22 heavy (non-hydrogen) atoms. The molecule has 1 unspecified atom stereocenters. The minimum absolute atomic E-state index is 0.118. The maximum atomic E-state index is 13.3. The number of carbonyl (C=O) groups excluding carboxylic acids is 3. The van der Waals surface area contributed by atoms with Crippen LogP contribution in [0.3, 0.4) is 0 Å². The largest absolute Gasteiger partial charge is 0.449 e. The van der Waals surface area contributed by atoms with Crippen LogP contribution in [-0.4, -0.2) is 30.6 Å². The molecule has 0 bridgehead atoms. The molecule has 120 valence electrons. The van der Waals surface area contributed by atoms with Gasteiger partial charge in [-0.3, -0.25) is 10.1 Å². The van der Waals surface area contributed by atoms with E-state index in [-0.39, 0.29) is 15.6 Å². The highest BCUT2D eigenvalue weighted by Gasteiger charge is 2.23. The standard InChI is InChI=1S/C13H13Cl2FN2O4/c1-3-17-13(21)18-11(19)6(2)22-12(20)7-4-10(16)9(15)5-8(7)14/h4-6H,3H2,1-2H3,(H2,17,18,19,21). The third kappa shape index (κ3) is 4.85. The van der Waals surface area contributed by atoms with Gasteiger partial charge in [-0.15, -0.1) is 0 Å². The molecule has 9 heteroatoms. The maximum absolute atomic E-state index is 13.3. The maximum Gasteiger partial charge on any atom is 0.340 e. The van der Waals surface area contributed by atoms with E-state index in [4.69, 9.17) is 27.9 Å². The number of esters is 1. The van der Waals surface area contributed by atoms with Gasteiger partial charge in [-0.25, -0.2) is 14.0 Å². The monoisotopic (exact) mass is 350 g/mol. The number of carbonyl (C=O) groups is 3. The quantitative estimate of drug-likeness (QED) is 0.645. The second-order valence-corrected chi connectivity index (χ2v) is 4.96. The van der Waals surface area contributed by atoms with Crippen molar-refractivity contribution in [3.63, 3.8) is 0 Å². The zero-order valence-corrected chi connectivity index (χ0v) is 13.2. The number of hydrogen-bond donors (Lipinski definition) is 2. The molecule has 0 saturated heterocycles. The van der Waals surface area contributed by atoms with E-state index >= 15 is 0 Å². The lowest BCUT2D eigenvalue weighted by atomic mass is 10.2. The van der Waals surface area contributed by atoms with E-state index in [9.17, 15) is 18.8 Å². The molecule has 1 aromatic carbocycles. The van der Waals surface area contributed by atoms with Gasteiger partial charge >= 0.3 is 12.0 Å². The van der Waals surface area contributed by atoms with Gasteiger partial charge in [0.1, 0.15) is 5.82 Å². The Labute approximate surface area is 135 Å². The van der Waals surface area contributed by atoms with Crippen molar-refractivity contribution in [2.24, 2.45) is 0 Å². The smallest absolute Gasteiger partial charge is 0.340 e. The molecule has 0 radical (unpaired) electrons. The second-order valence-electron chi connectivity index (χ2n) is 4.14. The summed E-state index contributed by atoms with van der Waals surface area (Å²) in [5.41, 5.74) is -0.277. The Hall–Kier alpha value is -1.86. The zero-order chi connectivity index (χ0) is 16.9. The molecule has 0 heterocycles. The number of rotatable bonds is 4. The molecule has 0 aliphatic rings. The van der Waals surface area contributed by atoms with Crippen LogP contribution >= 0.6 is 23.2 Å². The van der Waals surface area contributed by atoms with Crippen LogP contribution in [0.15, 0.2) is 12.1 Å². The summed E-state index contributed by atoms with van der Waals surface area (Å²) in [7, 11) is 0. The fourth-order valence-corrected chi connectivity index (χ4v) is 1.84. The molecule has 2 N–H and O–H groups in total. The fourth-order valence-electron chi connectivity index (χ4n) is 1.37. The number of amides is 3. The number of urea groups is 1. The first-order valence-corrected chi connectivity index (χ1v) is 6.96. The van der Waals surface area contributed by atoms with E-state index < -0.39 is 29.8 Å². The predicted octanol–water partition coefficient (Wildman–Crippen LogP) is 2.52. The molecular weight excluding hydrogens is 338 g/mol. The number of halogens is 3. The molecule has 1 aromatic rings. The van der Waals surface area contributed by atoms with Gasteiger partial charge in [0.25, 0.3) is 5.91 Å². The van der Waals surface area contributed by atoms with Gasteiger partial charge in [0, 0.05) is 6.54 Å². The molecule has 0 fully saturated rings. The van der Waals surface area contributed by atoms with Gasteiger partial charge in [-0.05, 0) is 26.0 Å². The van der Waals surface area contributed by atoms with Gasteiger partial charge in [-0.1, -0.05) is 23.2 Å². The van der Waals surface area contributed by atoms with Gasteiger partial charge < -0.3 is 10.1 Å². The van der Waals surface area contributed by atoms with E-state index in [1.807, 2.05) is 5.32 Å². The number of ether oxygens (including phenoxy) is 1. The number of imide groups is 1. The van der Waals surface area contributed by atoms with E-state index in [0.717, 1.165) is 12.1 Å². The van der Waals surface area contributed by atoms with Crippen LogP contribution in [0.5, 0.6) is 0 Å². The molecule has 0 saturated carbocycles. The summed E-state index contributed by atoms with van der Waals surface area (Å²) in [5.74, 6) is -2.69. The first-order valence-electron chi connectivity index (χ1n) is 6.20. The second kappa shape index (κ2) is 7.95. The van der Waals surface area contributed by atoms with Crippen LogP contribution in [0, 0.1) is 5.82 Å². The summed E-state index contributed by atoms with van der Waals surface area (Å²) in [5, 5.41) is 3.96. The third-order valence-electron chi connectivity index (χ3n) is 2.46. The first-order chi connectivity index (χ1) is 10.3. The molecular formula is C13H13Cl2FN2O4. The van der Waals surface area contributed by atoms with Crippen LogP contribution in [0.4, 0.5) is 9.18 Å². The van der Waals surface area contributed by atoms with Crippen molar-refractivity contribution in [2.45, 2.75) is 20.0 Å². The highest BCUT2D eigenvalue weighted by molar-refractivity contribution is 6.36. The zero-order valence-electron chi connectivity index (χ0n) is 11.7. The predicted molar refractivity (Wildman–Crippen MR) is 78.5 cm³/mol. The lowest BCUT2D eigenvalue weighted by Gasteiger charge is -2.13. The van der Waals surface area contributed by atoms with E-state index in [2.05, 4.69) is 5.32 Å². The highest BCUT2D eigenvalue weighted by Crippen LogP contribution is 2.25. The fraction of sp³-hybridized carbons (Fsp3) is 0.308. The summed E-state index contributed by atoms with van der Waals surface area (Å²) in [6, 6.07) is 1.14. The van der Waals surface area contributed by atoms with Crippen molar-refractivity contribution in [1.29, 1.82) is 0 Å². The van der Waals surface area contributed by atoms with Crippen LogP contribution < -0.4 is 10.6 Å². The van der Waals surface area contributed by atoms with Crippen molar-refractivity contribution in [2.75, 3.05) is 6.54 Å². The van der Waals surface area contributed by atoms with Crippen molar-refractivity contribution in [3.8, 4) is 0 Å². The minimum Gasteiger partial charge on any atom is -0.449 e. The van der Waals surface area contributed by atoms with Crippen molar-refractivity contribution in [1.82, 2.24) is 10.6 Å². The third-order valence-corrected chi connectivity index (χ3v) is 3.06. The van der Waals surface area contributed by atoms with Gasteiger partial charge in [0.15, 0.2) is 6.10 Å². The Morgan fingerprint density at radius 3 is 2.50 bits per heavy atom. The Kier molecular flexibility index (Phi) is 6.58. The van der Waals surface area contributed by atoms with Crippen molar-refractivity contribution < 1.29 is 23.5 Å². The number of hydrogen-bond acceptors (Lipinski definition) is 4. The topological polar surface area (TPSA) is 84.5 Å². The minimum atomic E-state index is -1.27. The average Bonchev–Trinajstić information content (AvgIpc) is 2.42. The normalized spacial score (nSPS) is 11.5. The summed E-state index contributed by atoms with van der Waals surface area (Å²) in [6.45, 7) is 3.25. The Bertz CT molecular complexity index is 610. The SMILES string of the molecule is CCNC(=O)NC(=O)C(C)OC(=O)c1cc(F)c(Cl)cc1Cl. The van der Waals surface area contributed by atoms with E-state index in [1.54, 1.807) is 6.92 Å².